The average molecular weight is 160 g/mol. The number of unbranched alkanes of at least 4 members (excludes halogenated alkanes) is 2. The van der Waals surface area contributed by atoms with Gasteiger partial charge in [0.05, 0.1) is 6.10 Å². The molecule has 0 aliphatic carbocycles. The topological polar surface area (TPSA) is 20.2 Å². The second kappa shape index (κ2) is 5.81. The van der Waals surface area contributed by atoms with E-state index in [-0.39, 0.29) is 0 Å². The maximum atomic E-state index is 8.98. The lowest BCUT2D eigenvalue weighted by Gasteiger charge is -2.04. The van der Waals surface area contributed by atoms with Gasteiger partial charge >= 0.3 is 0 Å². The first-order chi connectivity index (χ1) is 4.68. The summed E-state index contributed by atoms with van der Waals surface area (Å²) in [6.07, 6.45) is 4.06. The lowest BCUT2D eigenvalue weighted by atomic mass is 10.1. The molecule has 0 aliphatic rings. The fraction of sp³-hybridized carbons (Fsp3) is 0.875. The molecule has 1 unspecified atom stereocenters. The van der Waals surface area contributed by atoms with Crippen LogP contribution in [0.5, 0.6) is 0 Å². The lowest BCUT2D eigenvalue weighted by molar-refractivity contribution is 0.262. The van der Waals surface area contributed by atoms with Crippen LogP contribution in [0, 0.1) is 0 Å². The Labute approximate surface area is 68.4 Å². The van der Waals surface area contributed by atoms with E-state index in [1.54, 1.807) is 6.92 Å². The Hall–Kier alpha value is 0.0500. The minimum Gasteiger partial charge on any atom is -0.388 e. The van der Waals surface area contributed by atoms with E-state index in [0.29, 0.717) is 0 Å². The minimum absolute atomic E-state index is 0.396. The van der Waals surface area contributed by atoms with Gasteiger partial charge in [-0.3, -0.25) is 0 Å². The number of aliphatic hydroxyl groups excluding tert-OH is 1. The van der Waals surface area contributed by atoms with Crippen molar-refractivity contribution in [2.24, 2.45) is 0 Å². The third kappa shape index (κ3) is 4.89. The zero-order chi connectivity index (χ0) is 7.98. The minimum atomic E-state index is -0.396. The summed E-state index contributed by atoms with van der Waals surface area (Å²) >= 11 is 4.94. The number of hydrogen-bond acceptors (Lipinski definition) is 2. The third-order valence-electron chi connectivity index (χ3n) is 1.49. The Morgan fingerprint density at radius 3 is 2.50 bits per heavy atom. The molecule has 0 rings (SSSR count). The summed E-state index contributed by atoms with van der Waals surface area (Å²) < 4.78 is 0. The monoisotopic (exact) mass is 160 g/mol. The summed E-state index contributed by atoms with van der Waals surface area (Å²) in [5.41, 5.74) is 0. The molecule has 0 aromatic heterocycles. The van der Waals surface area contributed by atoms with Crippen LogP contribution in [-0.4, -0.2) is 16.1 Å². The highest BCUT2D eigenvalue weighted by atomic mass is 32.1. The van der Waals surface area contributed by atoms with Crippen LogP contribution in [0.2, 0.25) is 0 Å². The molecule has 0 saturated carbocycles. The van der Waals surface area contributed by atoms with Gasteiger partial charge < -0.3 is 5.11 Å². The quantitative estimate of drug-likeness (QED) is 0.492. The second-order valence-electron chi connectivity index (χ2n) is 2.60. The van der Waals surface area contributed by atoms with Gasteiger partial charge in [0.15, 0.2) is 0 Å². The molecule has 1 N–H and O–H groups in total. The van der Waals surface area contributed by atoms with E-state index in [9.17, 15) is 0 Å². The van der Waals surface area contributed by atoms with Gasteiger partial charge in [-0.2, -0.15) is 0 Å². The van der Waals surface area contributed by atoms with Crippen LogP contribution in [0.25, 0.3) is 0 Å². The van der Waals surface area contributed by atoms with Crippen LogP contribution < -0.4 is 0 Å². The SMILES string of the molecule is CCCCCC(=S)C(C)O. The highest BCUT2D eigenvalue weighted by molar-refractivity contribution is 7.80. The van der Waals surface area contributed by atoms with Gasteiger partial charge in [0.1, 0.15) is 0 Å². The Kier molecular flexibility index (Phi) is 5.84. The first kappa shape index (κ1) is 10.0. The maximum absolute atomic E-state index is 8.98. The van der Waals surface area contributed by atoms with E-state index in [1.807, 2.05) is 0 Å². The molecule has 0 aromatic rings. The van der Waals surface area contributed by atoms with Gasteiger partial charge in [0.2, 0.25) is 0 Å². The van der Waals surface area contributed by atoms with Crippen molar-refractivity contribution in [3.8, 4) is 0 Å². The summed E-state index contributed by atoms with van der Waals surface area (Å²) in [6.45, 7) is 3.89. The maximum Gasteiger partial charge on any atom is 0.0824 e. The van der Waals surface area contributed by atoms with E-state index in [2.05, 4.69) is 6.92 Å². The molecular formula is C8H16OS. The van der Waals surface area contributed by atoms with Crippen molar-refractivity contribution in [3.63, 3.8) is 0 Å². The molecule has 1 nitrogen and oxygen atoms in total. The zero-order valence-electron chi connectivity index (χ0n) is 6.76. The van der Waals surface area contributed by atoms with E-state index in [1.165, 1.54) is 12.8 Å². The average Bonchev–Trinajstić information content (AvgIpc) is 1.88. The van der Waals surface area contributed by atoms with Crippen molar-refractivity contribution < 1.29 is 5.11 Å². The van der Waals surface area contributed by atoms with E-state index >= 15 is 0 Å². The van der Waals surface area contributed by atoms with Gasteiger partial charge in [0.25, 0.3) is 0 Å². The summed E-state index contributed by atoms with van der Waals surface area (Å²) in [6, 6.07) is 0. The smallest absolute Gasteiger partial charge is 0.0824 e. The fourth-order valence-electron chi connectivity index (χ4n) is 0.758. The first-order valence-electron chi connectivity index (χ1n) is 3.89. The van der Waals surface area contributed by atoms with Crippen molar-refractivity contribution >= 4 is 17.1 Å². The highest BCUT2D eigenvalue weighted by Crippen LogP contribution is 2.03. The number of aliphatic hydroxyl groups is 1. The molecule has 60 valence electrons. The van der Waals surface area contributed by atoms with Crippen molar-refractivity contribution in [1.29, 1.82) is 0 Å². The van der Waals surface area contributed by atoms with Crippen LogP contribution in [0.4, 0.5) is 0 Å². The molecular weight excluding hydrogens is 144 g/mol. The summed E-state index contributed by atoms with van der Waals surface area (Å²) in [7, 11) is 0. The molecule has 0 aromatic carbocycles. The molecule has 1 atom stereocenters. The van der Waals surface area contributed by atoms with Gasteiger partial charge in [0, 0.05) is 4.86 Å². The van der Waals surface area contributed by atoms with Crippen molar-refractivity contribution in [3.05, 3.63) is 0 Å². The molecule has 0 amide bonds. The highest BCUT2D eigenvalue weighted by Gasteiger charge is 2.02. The Balaban J connectivity index is 3.22. The van der Waals surface area contributed by atoms with Gasteiger partial charge in [-0.05, 0) is 19.8 Å². The Bertz CT molecular complexity index is 99.4. The third-order valence-corrected chi connectivity index (χ3v) is 2.04. The number of hydrogen-bond donors (Lipinski definition) is 1. The van der Waals surface area contributed by atoms with Gasteiger partial charge in [-0.15, -0.1) is 0 Å². The van der Waals surface area contributed by atoms with Gasteiger partial charge in [-0.1, -0.05) is 32.0 Å². The Morgan fingerprint density at radius 2 is 2.10 bits per heavy atom. The molecule has 0 bridgehead atoms. The van der Waals surface area contributed by atoms with Gasteiger partial charge in [-0.25, -0.2) is 0 Å². The van der Waals surface area contributed by atoms with Crippen molar-refractivity contribution in [2.45, 2.75) is 45.6 Å². The lowest BCUT2D eigenvalue weighted by Crippen LogP contribution is -2.12. The molecule has 0 heterocycles. The normalized spacial score (nSPS) is 13.1. The van der Waals surface area contributed by atoms with E-state index in [0.717, 1.165) is 17.7 Å². The van der Waals surface area contributed by atoms with Crippen LogP contribution in [-0.2, 0) is 0 Å². The standard InChI is InChI=1S/C8H16OS/c1-3-4-5-6-8(10)7(2)9/h7,9H,3-6H2,1-2H3. The van der Waals surface area contributed by atoms with Crippen LogP contribution >= 0.6 is 12.2 Å². The number of rotatable bonds is 5. The number of thiocarbonyl (C=S) groups is 1. The van der Waals surface area contributed by atoms with E-state index < -0.39 is 6.10 Å². The Morgan fingerprint density at radius 1 is 1.50 bits per heavy atom. The van der Waals surface area contributed by atoms with Crippen LogP contribution in [0.1, 0.15) is 39.5 Å². The molecule has 0 radical (unpaired) electrons. The summed E-state index contributed by atoms with van der Waals surface area (Å²) in [5.74, 6) is 0. The zero-order valence-corrected chi connectivity index (χ0v) is 7.58. The summed E-state index contributed by atoms with van der Waals surface area (Å²) in [5, 5.41) is 8.98. The molecule has 0 saturated heterocycles. The fourth-order valence-corrected chi connectivity index (χ4v) is 0.902. The summed E-state index contributed by atoms with van der Waals surface area (Å²) in [4.78, 5) is 0.799. The van der Waals surface area contributed by atoms with E-state index in [4.69, 9.17) is 17.3 Å². The molecule has 0 spiro atoms. The molecule has 2 heteroatoms. The van der Waals surface area contributed by atoms with Crippen molar-refractivity contribution in [2.75, 3.05) is 0 Å². The molecule has 10 heavy (non-hydrogen) atoms. The van der Waals surface area contributed by atoms with Crippen LogP contribution in [0.15, 0.2) is 0 Å². The largest absolute Gasteiger partial charge is 0.388 e. The first-order valence-corrected chi connectivity index (χ1v) is 4.30. The molecule has 0 aliphatic heterocycles. The van der Waals surface area contributed by atoms with Crippen molar-refractivity contribution in [1.82, 2.24) is 0 Å². The predicted octanol–water partition coefficient (Wildman–Crippen LogP) is 2.32. The van der Waals surface area contributed by atoms with Crippen LogP contribution in [0.3, 0.4) is 0 Å². The molecule has 0 fully saturated rings. The second-order valence-corrected chi connectivity index (χ2v) is 3.12. The predicted molar refractivity (Wildman–Crippen MR) is 48.4 cm³/mol.